The first-order valence-corrected chi connectivity index (χ1v) is 6.95. The third kappa shape index (κ3) is 9.57. The van der Waals surface area contributed by atoms with Gasteiger partial charge in [0, 0.05) is 0 Å². The van der Waals surface area contributed by atoms with Gasteiger partial charge in [-0.25, -0.2) is 9.78 Å². The van der Waals surface area contributed by atoms with Crippen LogP contribution < -0.4 is 0 Å². The van der Waals surface area contributed by atoms with Crippen molar-refractivity contribution >= 4 is 22.6 Å². The van der Waals surface area contributed by atoms with Crippen molar-refractivity contribution in [2.45, 2.75) is 64.1 Å². The van der Waals surface area contributed by atoms with Gasteiger partial charge in [-0.3, -0.25) is 0 Å². The molecule has 0 bridgehead atoms. The molecule has 0 aliphatic heterocycles. The SMILES string of the molecule is CC(C)CCC(C)C(I)OOC(C)(C)C. The molecule has 0 heterocycles. The lowest BCUT2D eigenvalue weighted by Gasteiger charge is -2.24. The predicted molar refractivity (Wildman–Crippen MR) is 73.0 cm³/mol. The molecule has 0 aromatic rings. The first-order valence-electron chi connectivity index (χ1n) is 5.71. The second-order valence-corrected chi connectivity index (χ2v) is 6.82. The van der Waals surface area contributed by atoms with E-state index in [1.807, 2.05) is 20.8 Å². The molecule has 0 saturated heterocycles. The largest absolute Gasteiger partial charge is 0.230 e. The van der Waals surface area contributed by atoms with Gasteiger partial charge in [0.1, 0.15) is 4.11 Å². The van der Waals surface area contributed by atoms with Gasteiger partial charge in [-0.1, -0.05) is 27.2 Å². The molecule has 2 atom stereocenters. The molecule has 0 aromatic carbocycles. The standard InChI is InChI=1S/C12H25IO2/c1-9(2)7-8-10(3)11(13)14-15-12(4,5)6/h9-11H,7-8H2,1-6H3. The molecule has 0 aromatic heterocycles. The molecule has 0 radical (unpaired) electrons. The molecule has 2 unspecified atom stereocenters. The molecule has 0 N–H and O–H groups in total. The molecule has 0 fully saturated rings. The van der Waals surface area contributed by atoms with Gasteiger partial charge in [0.2, 0.25) is 0 Å². The summed E-state index contributed by atoms with van der Waals surface area (Å²) in [7, 11) is 0. The van der Waals surface area contributed by atoms with Gasteiger partial charge >= 0.3 is 0 Å². The van der Waals surface area contributed by atoms with E-state index in [2.05, 4.69) is 43.4 Å². The molecule has 92 valence electrons. The Labute approximate surface area is 108 Å². The van der Waals surface area contributed by atoms with Gasteiger partial charge in [0.15, 0.2) is 0 Å². The normalized spacial score (nSPS) is 16.8. The first-order chi connectivity index (χ1) is 6.72. The monoisotopic (exact) mass is 328 g/mol. The molecule has 0 saturated carbocycles. The minimum absolute atomic E-state index is 0.139. The van der Waals surface area contributed by atoms with Crippen LogP contribution in [0.25, 0.3) is 0 Å². The van der Waals surface area contributed by atoms with Crippen LogP contribution in [0, 0.1) is 11.8 Å². The van der Waals surface area contributed by atoms with E-state index in [1.54, 1.807) is 0 Å². The molecule has 0 aliphatic carbocycles. The summed E-state index contributed by atoms with van der Waals surface area (Å²) in [4.78, 5) is 10.7. The number of alkyl halides is 1. The van der Waals surface area contributed by atoms with E-state index in [4.69, 9.17) is 9.78 Å². The average Bonchev–Trinajstić information content (AvgIpc) is 2.08. The maximum atomic E-state index is 5.39. The molecule has 0 aliphatic rings. The molecule has 2 nitrogen and oxygen atoms in total. The van der Waals surface area contributed by atoms with Crippen molar-refractivity contribution in [3.63, 3.8) is 0 Å². The molecule has 0 amide bonds. The lowest BCUT2D eigenvalue weighted by atomic mass is 10.0. The third-order valence-electron chi connectivity index (χ3n) is 2.04. The van der Waals surface area contributed by atoms with Crippen molar-refractivity contribution in [1.82, 2.24) is 0 Å². The van der Waals surface area contributed by atoms with Crippen LogP contribution >= 0.6 is 22.6 Å². The molecular formula is C12H25IO2. The topological polar surface area (TPSA) is 18.5 Å². The van der Waals surface area contributed by atoms with Crippen LogP contribution in [-0.4, -0.2) is 9.71 Å². The van der Waals surface area contributed by atoms with Crippen molar-refractivity contribution in [2.75, 3.05) is 0 Å². The lowest BCUT2D eigenvalue weighted by molar-refractivity contribution is -0.358. The zero-order valence-electron chi connectivity index (χ0n) is 10.8. The van der Waals surface area contributed by atoms with Crippen LogP contribution in [0.2, 0.25) is 0 Å². The molecule has 3 heteroatoms. The Morgan fingerprint density at radius 3 is 2.00 bits per heavy atom. The smallest absolute Gasteiger partial charge is 0.146 e. The summed E-state index contributed by atoms with van der Waals surface area (Å²) in [5.74, 6) is 1.30. The van der Waals surface area contributed by atoms with E-state index in [0.29, 0.717) is 5.92 Å². The Balaban J connectivity index is 3.74. The number of halogens is 1. The Morgan fingerprint density at radius 2 is 1.60 bits per heavy atom. The van der Waals surface area contributed by atoms with Crippen molar-refractivity contribution in [3.8, 4) is 0 Å². The van der Waals surface area contributed by atoms with Crippen molar-refractivity contribution in [3.05, 3.63) is 0 Å². The molecule has 0 spiro atoms. The third-order valence-corrected chi connectivity index (χ3v) is 3.47. The van der Waals surface area contributed by atoms with Gasteiger partial charge in [-0.2, -0.15) is 0 Å². The fourth-order valence-electron chi connectivity index (χ4n) is 1.01. The number of hydrogen-bond acceptors (Lipinski definition) is 2. The fourth-order valence-corrected chi connectivity index (χ4v) is 1.48. The van der Waals surface area contributed by atoms with Gasteiger partial charge in [0.05, 0.1) is 5.60 Å². The highest BCUT2D eigenvalue weighted by Gasteiger charge is 2.19. The van der Waals surface area contributed by atoms with Crippen molar-refractivity contribution in [1.29, 1.82) is 0 Å². The summed E-state index contributed by atoms with van der Waals surface area (Å²) in [5, 5.41) is 0. The van der Waals surface area contributed by atoms with Crippen molar-refractivity contribution in [2.24, 2.45) is 11.8 Å². The second kappa shape index (κ2) is 7.07. The summed E-state index contributed by atoms with van der Waals surface area (Å²) in [5.41, 5.74) is -0.221. The average molecular weight is 328 g/mol. The fraction of sp³-hybridized carbons (Fsp3) is 1.00. The van der Waals surface area contributed by atoms with Gasteiger partial charge < -0.3 is 0 Å². The first kappa shape index (κ1) is 15.7. The van der Waals surface area contributed by atoms with E-state index in [-0.39, 0.29) is 9.71 Å². The highest BCUT2D eigenvalue weighted by Crippen LogP contribution is 2.23. The van der Waals surface area contributed by atoms with E-state index < -0.39 is 0 Å². The number of hydrogen-bond donors (Lipinski definition) is 0. The van der Waals surface area contributed by atoms with Crippen LogP contribution in [-0.2, 0) is 9.78 Å². The Hall–Kier alpha value is 0.650. The van der Waals surface area contributed by atoms with Crippen molar-refractivity contribution < 1.29 is 9.78 Å². The zero-order valence-corrected chi connectivity index (χ0v) is 13.0. The van der Waals surface area contributed by atoms with Crippen LogP contribution in [0.3, 0.4) is 0 Å². The summed E-state index contributed by atoms with van der Waals surface area (Å²) in [6.45, 7) is 12.7. The van der Waals surface area contributed by atoms with E-state index >= 15 is 0 Å². The highest BCUT2D eigenvalue weighted by molar-refractivity contribution is 14.1. The summed E-state index contributed by atoms with van der Waals surface area (Å²) in [6.07, 6.45) is 2.44. The van der Waals surface area contributed by atoms with Gasteiger partial charge in [-0.05, 0) is 61.6 Å². The molecule has 15 heavy (non-hydrogen) atoms. The predicted octanol–water partition coefficient (Wildman–Crippen LogP) is 4.57. The van der Waals surface area contributed by atoms with E-state index in [0.717, 1.165) is 5.92 Å². The molecule has 0 rings (SSSR count). The van der Waals surface area contributed by atoms with E-state index in [9.17, 15) is 0 Å². The Kier molecular flexibility index (Phi) is 7.38. The maximum Gasteiger partial charge on any atom is 0.146 e. The second-order valence-electron chi connectivity index (χ2n) is 5.59. The Morgan fingerprint density at radius 1 is 1.07 bits per heavy atom. The summed E-state index contributed by atoms with van der Waals surface area (Å²) in [6, 6.07) is 0. The van der Waals surface area contributed by atoms with Crippen LogP contribution in [0.5, 0.6) is 0 Å². The van der Waals surface area contributed by atoms with Crippen LogP contribution in [0.4, 0.5) is 0 Å². The van der Waals surface area contributed by atoms with Gasteiger partial charge in [0.25, 0.3) is 0 Å². The number of rotatable bonds is 6. The minimum atomic E-state index is -0.221. The highest BCUT2D eigenvalue weighted by atomic mass is 127. The van der Waals surface area contributed by atoms with Crippen LogP contribution in [0.15, 0.2) is 0 Å². The zero-order chi connectivity index (χ0) is 12.1. The maximum absolute atomic E-state index is 5.39. The Bertz CT molecular complexity index is 163. The summed E-state index contributed by atoms with van der Waals surface area (Å²) >= 11 is 2.31. The minimum Gasteiger partial charge on any atom is -0.230 e. The quantitative estimate of drug-likeness (QED) is 0.308. The lowest BCUT2D eigenvalue weighted by Crippen LogP contribution is -2.24. The van der Waals surface area contributed by atoms with Gasteiger partial charge in [-0.15, -0.1) is 0 Å². The van der Waals surface area contributed by atoms with Crippen LogP contribution in [0.1, 0.15) is 54.4 Å². The molecular weight excluding hydrogens is 303 g/mol. The summed E-state index contributed by atoms with van der Waals surface area (Å²) < 4.78 is 0.139. The van der Waals surface area contributed by atoms with E-state index in [1.165, 1.54) is 12.8 Å².